The molecular weight excluding hydrogens is 492 g/mol. The van der Waals surface area contributed by atoms with Crippen LogP contribution in [-0.4, -0.2) is 60.9 Å². The van der Waals surface area contributed by atoms with Crippen LogP contribution < -0.4 is 16.2 Å². The van der Waals surface area contributed by atoms with Crippen molar-refractivity contribution in [2.24, 2.45) is 0 Å². The Morgan fingerprint density at radius 1 is 1.24 bits per heavy atom. The van der Waals surface area contributed by atoms with Gasteiger partial charge in [-0.1, -0.05) is 12.1 Å². The molecular formula is C26H32F4N4O3. The first-order valence-corrected chi connectivity index (χ1v) is 12.3. The normalized spacial score (nSPS) is 19.2. The SMILES string of the molecule is Cc1c(C(C)NC(=O)c2cn(C3CCOCC3)c(=O)cc2NCC2(F)CN(C)C2)cccc1C(F)(F)F. The Kier molecular flexibility index (Phi) is 7.66. The summed E-state index contributed by atoms with van der Waals surface area (Å²) < 4.78 is 61.9. The first-order chi connectivity index (χ1) is 17.4. The van der Waals surface area contributed by atoms with Crippen LogP contribution in [0.15, 0.2) is 35.3 Å². The van der Waals surface area contributed by atoms with Crippen LogP contribution in [0.5, 0.6) is 0 Å². The lowest BCUT2D eigenvalue weighted by Gasteiger charge is -2.42. The molecule has 2 fully saturated rings. The summed E-state index contributed by atoms with van der Waals surface area (Å²) in [6.45, 7) is 4.32. The number of nitrogens with one attached hydrogen (secondary N) is 2. The fourth-order valence-electron chi connectivity index (χ4n) is 5.19. The summed E-state index contributed by atoms with van der Waals surface area (Å²) in [5, 5.41) is 5.70. The molecule has 0 spiro atoms. The summed E-state index contributed by atoms with van der Waals surface area (Å²) in [6.07, 6.45) is -1.85. The van der Waals surface area contributed by atoms with Crippen LogP contribution in [-0.2, 0) is 10.9 Å². The van der Waals surface area contributed by atoms with Gasteiger partial charge in [-0.3, -0.25) is 14.5 Å². The van der Waals surface area contributed by atoms with Gasteiger partial charge in [-0.05, 0) is 50.9 Å². The highest BCUT2D eigenvalue weighted by Crippen LogP contribution is 2.34. The van der Waals surface area contributed by atoms with Crippen LogP contribution in [0, 0.1) is 6.92 Å². The van der Waals surface area contributed by atoms with Crippen molar-refractivity contribution >= 4 is 11.6 Å². The summed E-state index contributed by atoms with van der Waals surface area (Å²) in [5.41, 5.74) is -1.91. The summed E-state index contributed by atoms with van der Waals surface area (Å²) in [4.78, 5) is 28.2. The van der Waals surface area contributed by atoms with Crippen LogP contribution in [0.3, 0.4) is 0 Å². The molecule has 2 aromatic rings. The Morgan fingerprint density at radius 3 is 2.54 bits per heavy atom. The molecule has 4 rings (SSSR count). The van der Waals surface area contributed by atoms with Crippen LogP contribution in [0.25, 0.3) is 0 Å². The number of anilines is 1. The zero-order chi connectivity index (χ0) is 27.0. The van der Waals surface area contributed by atoms with Crippen molar-refractivity contribution in [3.8, 4) is 0 Å². The number of hydrogen-bond donors (Lipinski definition) is 2. The van der Waals surface area contributed by atoms with Crippen LogP contribution in [0.2, 0.25) is 0 Å². The molecule has 0 aliphatic carbocycles. The smallest absolute Gasteiger partial charge is 0.381 e. The van der Waals surface area contributed by atoms with E-state index in [-0.39, 0.29) is 48.0 Å². The van der Waals surface area contributed by atoms with Gasteiger partial charge in [-0.2, -0.15) is 13.2 Å². The predicted molar refractivity (Wildman–Crippen MR) is 132 cm³/mol. The number of carbonyl (C=O) groups is 1. The molecule has 3 heterocycles. The average molecular weight is 525 g/mol. The van der Waals surface area contributed by atoms with E-state index in [0.29, 0.717) is 31.6 Å². The Morgan fingerprint density at radius 2 is 1.92 bits per heavy atom. The first-order valence-electron chi connectivity index (χ1n) is 12.3. The highest BCUT2D eigenvalue weighted by atomic mass is 19.4. The van der Waals surface area contributed by atoms with E-state index >= 15 is 0 Å². The van der Waals surface area contributed by atoms with Crippen LogP contribution in [0.4, 0.5) is 23.2 Å². The number of hydrogen-bond acceptors (Lipinski definition) is 5. The zero-order valence-electron chi connectivity index (χ0n) is 21.1. The second-order valence-corrected chi connectivity index (χ2v) is 10.1. The van der Waals surface area contributed by atoms with Gasteiger partial charge in [0.2, 0.25) is 0 Å². The Balaban J connectivity index is 1.63. The minimum Gasteiger partial charge on any atom is -0.381 e. The number of pyridine rings is 1. The van der Waals surface area contributed by atoms with E-state index in [0.717, 1.165) is 6.07 Å². The largest absolute Gasteiger partial charge is 0.416 e. The number of alkyl halides is 4. The van der Waals surface area contributed by atoms with E-state index in [4.69, 9.17) is 4.74 Å². The fourth-order valence-corrected chi connectivity index (χ4v) is 5.19. The average Bonchev–Trinajstić information content (AvgIpc) is 2.81. The van der Waals surface area contributed by atoms with Gasteiger partial charge in [0.05, 0.1) is 29.4 Å². The topological polar surface area (TPSA) is 75.6 Å². The van der Waals surface area contributed by atoms with Gasteiger partial charge >= 0.3 is 6.18 Å². The molecule has 1 atom stereocenters. The lowest BCUT2D eigenvalue weighted by Crippen LogP contribution is -2.60. The van der Waals surface area contributed by atoms with Crippen molar-refractivity contribution in [2.75, 3.05) is 45.2 Å². The monoisotopic (exact) mass is 524 g/mol. The second-order valence-electron chi connectivity index (χ2n) is 10.1. The molecule has 1 aromatic heterocycles. The van der Waals surface area contributed by atoms with Gasteiger partial charge in [-0.25, -0.2) is 4.39 Å². The third-order valence-corrected chi connectivity index (χ3v) is 7.11. The summed E-state index contributed by atoms with van der Waals surface area (Å²) in [7, 11) is 1.79. The van der Waals surface area contributed by atoms with E-state index in [2.05, 4.69) is 10.6 Å². The molecule has 1 unspecified atom stereocenters. The maximum atomic E-state index is 14.9. The molecule has 0 saturated carbocycles. The number of rotatable bonds is 7. The molecule has 2 saturated heterocycles. The molecule has 1 aromatic carbocycles. The van der Waals surface area contributed by atoms with Gasteiger partial charge < -0.3 is 19.9 Å². The van der Waals surface area contributed by atoms with Gasteiger partial charge in [-0.15, -0.1) is 0 Å². The molecule has 0 bridgehead atoms. The molecule has 0 radical (unpaired) electrons. The quantitative estimate of drug-likeness (QED) is 0.534. The number of ether oxygens (including phenoxy) is 1. The molecule has 202 valence electrons. The maximum Gasteiger partial charge on any atom is 0.416 e. The van der Waals surface area contributed by atoms with Crippen molar-refractivity contribution in [3.63, 3.8) is 0 Å². The van der Waals surface area contributed by atoms with Crippen LogP contribution >= 0.6 is 0 Å². The standard InChI is InChI=1S/C26H32F4N4O3/c1-16-19(5-4-6-21(16)26(28,29)30)17(2)32-24(36)20-12-34(18-7-9-37-10-8-18)23(35)11-22(20)31-13-25(27)14-33(3)15-25/h4-6,11-12,17-18,31H,7-10,13-15H2,1-3H3,(H,32,36). The summed E-state index contributed by atoms with van der Waals surface area (Å²) in [6, 6.07) is 4.23. The number of benzene rings is 1. The number of halogens is 4. The first kappa shape index (κ1) is 27.1. The van der Waals surface area contributed by atoms with E-state index in [1.165, 1.54) is 35.9 Å². The zero-order valence-corrected chi connectivity index (χ0v) is 21.1. The Labute approximate surface area is 212 Å². The molecule has 2 aliphatic rings. The number of carbonyl (C=O) groups excluding carboxylic acids is 1. The van der Waals surface area contributed by atoms with E-state index < -0.39 is 29.4 Å². The number of amides is 1. The number of aromatic nitrogens is 1. The van der Waals surface area contributed by atoms with Crippen molar-refractivity contribution < 1.29 is 27.1 Å². The van der Waals surface area contributed by atoms with Crippen molar-refractivity contribution in [1.29, 1.82) is 0 Å². The third kappa shape index (κ3) is 5.98. The molecule has 7 nitrogen and oxygen atoms in total. The van der Waals surface area contributed by atoms with Crippen molar-refractivity contribution in [2.45, 2.75) is 50.6 Å². The molecule has 11 heteroatoms. The molecule has 2 aliphatic heterocycles. The Bertz CT molecular complexity index is 1200. The van der Waals surface area contributed by atoms with E-state index in [1.54, 1.807) is 14.0 Å². The van der Waals surface area contributed by atoms with Crippen LogP contribution in [0.1, 0.15) is 58.9 Å². The van der Waals surface area contributed by atoms with Crippen molar-refractivity contribution in [1.82, 2.24) is 14.8 Å². The Hall–Kier alpha value is -2.92. The molecule has 2 N–H and O–H groups in total. The summed E-state index contributed by atoms with van der Waals surface area (Å²) in [5.74, 6) is -0.578. The van der Waals surface area contributed by atoms with Gasteiger partial charge in [0.15, 0.2) is 5.67 Å². The van der Waals surface area contributed by atoms with E-state index in [1.807, 2.05) is 4.90 Å². The van der Waals surface area contributed by atoms with Gasteiger partial charge in [0.1, 0.15) is 0 Å². The van der Waals surface area contributed by atoms with Gasteiger partial charge in [0, 0.05) is 44.6 Å². The highest BCUT2D eigenvalue weighted by Gasteiger charge is 2.41. The van der Waals surface area contributed by atoms with Crippen molar-refractivity contribution in [3.05, 3.63) is 63.1 Å². The van der Waals surface area contributed by atoms with E-state index in [9.17, 15) is 27.2 Å². The lowest BCUT2D eigenvalue weighted by atomic mass is 9.96. The highest BCUT2D eigenvalue weighted by molar-refractivity contribution is 5.99. The number of nitrogens with zero attached hydrogens (tertiary/aromatic N) is 2. The molecule has 37 heavy (non-hydrogen) atoms. The van der Waals surface area contributed by atoms with Gasteiger partial charge in [0.25, 0.3) is 11.5 Å². The fraction of sp³-hybridized carbons (Fsp3) is 0.538. The summed E-state index contributed by atoms with van der Waals surface area (Å²) >= 11 is 0. The number of likely N-dealkylation sites (tertiary alicyclic amines) is 1. The minimum absolute atomic E-state index is 0.0294. The minimum atomic E-state index is -4.52. The third-order valence-electron chi connectivity index (χ3n) is 7.11. The maximum absolute atomic E-state index is 14.9. The lowest BCUT2D eigenvalue weighted by molar-refractivity contribution is -0.138. The second kappa shape index (κ2) is 10.4. The molecule has 1 amide bonds. The predicted octanol–water partition coefficient (Wildman–Crippen LogP) is 4.08.